The molecule has 36 heavy (non-hydrogen) atoms. The average molecular weight is 523 g/mol. The minimum absolute atomic E-state index is 0.122. The van der Waals surface area contributed by atoms with Gasteiger partial charge in [-0.25, -0.2) is 19.7 Å². The number of hydrogen-bond donors (Lipinski definition) is 4. The Morgan fingerprint density at radius 3 is 2.81 bits per heavy atom. The first kappa shape index (κ1) is 26.6. The van der Waals surface area contributed by atoms with E-state index in [-0.39, 0.29) is 17.8 Å². The highest BCUT2D eigenvalue weighted by atomic mass is 32.2. The number of carbonyl (C=O) groups excluding carboxylic acids is 2. The topological polar surface area (TPSA) is 175 Å². The van der Waals surface area contributed by atoms with Crippen LogP contribution in [0.2, 0.25) is 0 Å². The van der Waals surface area contributed by atoms with Gasteiger partial charge in [-0.3, -0.25) is 9.36 Å². The predicted molar refractivity (Wildman–Crippen MR) is 133 cm³/mol. The standard InChI is InChI=1S/C23H34N6O6S/c1-2-3-4-5-6-7-16(30)28-14-8-13(34-23(14)33)9-36-10-15-18(31)19(32)22(35-15)29-12-27-17-20(24)25-11-26-21(17)29/h11-15,18-19,22,31-32H,2-10H2,1H3,(H,28,30)(H2,24,25,26)/t13-,14-,15-,18-,19-,22-/m1/s1. The number of rotatable bonds is 12. The number of aliphatic hydroxyl groups excluding tert-OH is 2. The lowest BCUT2D eigenvalue weighted by Gasteiger charge is -2.16. The summed E-state index contributed by atoms with van der Waals surface area (Å²) in [7, 11) is 0. The second kappa shape index (κ2) is 12.2. The van der Waals surface area contributed by atoms with Gasteiger partial charge in [0.1, 0.15) is 36.2 Å². The van der Waals surface area contributed by atoms with Crippen LogP contribution in [0, 0.1) is 0 Å². The number of imidazole rings is 1. The Hall–Kier alpha value is -2.48. The largest absolute Gasteiger partial charge is 0.460 e. The number of nitrogens with zero attached hydrogens (tertiary/aromatic N) is 4. The number of anilines is 1. The third-order valence-corrected chi connectivity index (χ3v) is 7.66. The van der Waals surface area contributed by atoms with E-state index < -0.39 is 36.6 Å². The maximum Gasteiger partial charge on any atom is 0.329 e. The molecule has 0 bridgehead atoms. The minimum atomic E-state index is -1.19. The predicted octanol–water partition coefficient (Wildman–Crippen LogP) is 0.922. The first-order chi connectivity index (χ1) is 17.4. The Morgan fingerprint density at radius 1 is 1.19 bits per heavy atom. The molecule has 0 radical (unpaired) electrons. The molecule has 0 aliphatic carbocycles. The molecule has 0 aromatic carbocycles. The van der Waals surface area contributed by atoms with Crippen LogP contribution < -0.4 is 11.1 Å². The summed E-state index contributed by atoms with van der Waals surface area (Å²) in [6.45, 7) is 2.14. The van der Waals surface area contributed by atoms with Gasteiger partial charge < -0.3 is 30.7 Å². The molecule has 2 fully saturated rings. The molecule has 12 nitrogen and oxygen atoms in total. The molecule has 0 spiro atoms. The number of aliphatic hydroxyl groups is 2. The van der Waals surface area contributed by atoms with Crippen molar-refractivity contribution in [2.45, 2.75) is 88.6 Å². The van der Waals surface area contributed by atoms with Crippen molar-refractivity contribution < 1.29 is 29.3 Å². The molecule has 4 heterocycles. The Morgan fingerprint density at radius 2 is 2.00 bits per heavy atom. The molecule has 2 aliphatic rings. The summed E-state index contributed by atoms with van der Waals surface area (Å²) >= 11 is 1.45. The molecule has 13 heteroatoms. The molecule has 0 unspecified atom stereocenters. The fourth-order valence-corrected chi connectivity index (χ4v) is 5.61. The normalized spacial score (nSPS) is 28.0. The van der Waals surface area contributed by atoms with Crippen LogP contribution in [0.15, 0.2) is 12.7 Å². The first-order valence-corrected chi connectivity index (χ1v) is 13.6. The summed E-state index contributed by atoms with van der Waals surface area (Å²) in [5.41, 5.74) is 6.62. The Labute approximate surface area is 213 Å². The van der Waals surface area contributed by atoms with Gasteiger partial charge in [-0.05, 0) is 6.42 Å². The molecule has 0 saturated carbocycles. The van der Waals surface area contributed by atoms with Crippen molar-refractivity contribution in [3.8, 4) is 0 Å². The third-order valence-electron chi connectivity index (χ3n) is 6.49. The highest BCUT2D eigenvalue weighted by Gasteiger charge is 2.44. The monoisotopic (exact) mass is 522 g/mol. The number of ether oxygens (including phenoxy) is 2. The molecule has 198 valence electrons. The molecule has 5 N–H and O–H groups in total. The quantitative estimate of drug-likeness (QED) is 0.230. The van der Waals surface area contributed by atoms with E-state index in [1.54, 1.807) is 0 Å². The van der Waals surface area contributed by atoms with Gasteiger partial charge in [-0.1, -0.05) is 32.6 Å². The number of thioether (sulfide) groups is 1. The number of nitrogens with one attached hydrogen (secondary N) is 1. The smallest absolute Gasteiger partial charge is 0.329 e. The lowest BCUT2D eigenvalue weighted by molar-refractivity contribution is -0.143. The Balaban J connectivity index is 1.22. The van der Waals surface area contributed by atoms with Crippen molar-refractivity contribution in [1.29, 1.82) is 0 Å². The second-order valence-electron chi connectivity index (χ2n) is 9.25. The Kier molecular flexibility index (Phi) is 8.99. The van der Waals surface area contributed by atoms with E-state index in [2.05, 4.69) is 27.2 Å². The zero-order valence-corrected chi connectivity index (χ0v) is 21.1. The summed E-state index contributed by atoms with van der Waals surface area (Å²) < 4.78 is 12.9. The van der Waals surface area contributed by atoms with E-state index in [9.17, 15) is 19.8 Å². The van der Waals surface area contributed by atoms with Gasteiger partial charge in [0.2, 0.25) is 5.91 Å². The van der Waals surface area contributed by atoms with Gasteiger partial charge in [-0.2, -0.15) is 11.8 Å². The maximum atomic E-state index is 12.2. The average Bonchev–Trinajstić information content (AvgIpc) is 3.51. The van der Waals surface area contributed by atoms with Crippen LogP contribution in [0.4, 0.5) is 5.82 Å². The summed E-state index contributed by atoms with van der Waals surface area (Å²) in [4.78, 5) is 36.6. The number of nitrogen functional groups attached to an aromatic ring is 1. The number of fused-ring (bicyclic) bond motifs is 1. The van der Waals surface area contributed by atoms with Crippen LogP contribution in [0.25, 0.3) is 11.2 Å². The first-order valence-electron chi connectivity index (χ1n) is 12.4. The SMILES string of the molecule is CCCCCCCC(=O)N[C@@H]1C[C@H](CSC[C@H]2O[C@@H](n3cnc4c(N)ncnc43)[C@H](O)[C@@H]2O)OC1=O. The number of hydrogen-bond acceptors (Lipinski definition) is 11. The van der Waals surface area contributed by atoms with Gasteiger partial charge in [0.05, 0.1) is 12.4 Å². The van der Waals surface area contributed by atoms with Crippen molar-refractivity contribution in [2.75, 3.05) is 17.2 Å². The van der Waals surface area contributed by atoms with Crippen LogP contribution in [-0.2, 0) is 19.1 Å². The molecule has 1 amide bonds. The fourth-order valence-electron chi connectivity index (χ4n) is 4.50. The summed E-state index contributed by atoms with van der Waals surface area (Å²) in [6, 6.07) is -0.623. The molecule has 2 aliphatic heterocycles. The Bertz CT molecular complexity index is 1050. The molecular weight excluding hydrogens is 488 g/mol. The zero-order chi connectivity index (χ0) is 25.7. The molecule has 2 saturated heterocycles. The van der Waals surface area contributed by atoms with Crippen LogP contribution in [0.1, 0.15) is 58.1 Å². The van der Waals surface area contributed by atoms with Crippen molar-refractivity contribution in [3.05, 3.63) is 12.7 Å². The van der Waals surface area contributed by atoms with Crippen LogP contribution in [0.3, 0.4) is 0 Å². The van der Waals surface area contributed by atoms with Gasteiger partial charge in [0.25, 0.3) is 0 Å². The van der Waals surface area contributed by atoms with Gasteiger partial charge in [-0.15, -0.1) is 0 Å². The van der Waals surface area contributed by atoms with Crippen LogP contribution in [-0.4, -0.2) is 83.6 Å². The van der Waals surface area contributed by atoms with Gasteiger partial charge in [0, 0.05) is 24.3 Å². The molecule has 2 aromatic rings. The number of esters is 1. The number of carbonyl (C=O) groups is 2. The number of unbranched alkanes of at least 4 members (excludes halogenated alkanes) is 4. The summed E-state index contributed by atoms with van der Waals surface area (Å²) in [6.07, 6.45) is 4.68. The minimum Gasteiger partial charge on any atom is -0.460 e. The van der Waals surface area contributed by atoms with E-state index in [1.807, 2.05) is 0 Å². The van der Waals surface area contributed by atoms with Crippen molar-refractivity contribution in [3.63, 3.8) is 0 Å². The zero-order valence-electron chi connectivity index (χ0n) is 20.3. The summed E-state index contributed by atoms with van der Waals surface area (Å²) in [5, 5.41) is 23.9. The molecule has 2 aromatic heterocycles. The maximum absolute atomic E-state index is 12.2. The van der Waals surface area contributed by atoms with Crippen LogP contribution in [0.5, 0.6) is 0 Å². The van der Waals surface area contributed by atoms with Gasteiger partial charge >= 0.3 is 5.97 Å². The number of aromatic nitrogens is 4. The highest BCUT2D eigenvalue weighted by Crippen LogP contribution is 2.33. The number of amides is 1. The lowest BCUT2D eigenvalue weighted by atomic mass is 10.1. The molecule has 6 atom stereocenters. The van der Waals surface area contributed by atoms with Crippen molar-refractivity contribution in [2.24, 2.45) is 0 Å². The van der Waals surface area contributed by atoms with Crippen LogP contribution >= 0.6 is 11.8 Å². The van der Waals surface area contributed by atoms with E-state index in [1.165, 1.54) is 35.4 Å². The molecule has 4 rings (SSSR count). The number of nitrogens with two attached hydrogens (primary N) is 1. The van der Waals surface area contributed by atoms with E-state index in [0.29, 0.717) is 35.5 Å². The number of cyclic esters (lactones) is 1. The fraction of sp³-hybridized carbons (Fsp3) is 0.696. The lowest BCUT2D eigenvalue weighted by Crippen LogP contribution is -2.37. The van der Waals surface area contributed by atoms with Gasteiger partial charge in [0.15, 0.2) is 17.7 Å². The van der Waals surface area contributed by atoms with E-state index >= 15 is 0 Å². The summed E-state index contributed by atoms with van der Waals surface area (Å²) in [5.74, 6) is 0.539. The third kappa shape index (κ3) is 6.07. The highest BCUT2D eigenvalue weighted by molar-refractivity contribution is 7.99. The van der Waals surface area contributed by atoms with E-state index in [4.69, 9.17) is 15.2 Å². The molecular formula is C23H34N6O6S. The second-order valence-corrected chi connectivity index (χ2v) is 10.3. The van der Waals surface area contributed by atoms with E-state index in [0.717, 1.165) is 25.7 Å². The van der Waals surface area contributed by atoms with Crippen molar-refractivity contribution in [1.82, 2.24) is 24.8 Å². The van der Waals surface area contributed by atoms with Crippen molar-refractivity contribution >= 4 is 40.6 Å².